The molecule has 0 saturated carbocycles. The van der Waals surface area contributed by atoms with Gasteiger partial charge in [0.2, 0.25) is 0 Å². The van der Waals surface area contributed by atoms with Crippen molar-refractivity contribution in [1.82, 2.24) is 14.6 Å². The smallest absolute Gasteiger partial charge is 0.163 e. The Kier molecular flexibility index (Phi) is 3.49. The van der Waals surface area contributed by atoms with Crippen LogP contribution in [0.2, 0.25) is 0 Å². The second-order valence-electron chi connectivity index (χ2n) is 5.11. The third-order valence-electron chi connectivity index (χ3n) is 3.42. The van der Waals surface area contributed by atoms with Crippen LogP contribution in [0.4, 0.5) is 5.69 Å². The predicted molar refractivity (Wildman–Crippen MR) is 82.2 cm³/mol. The highest BCUT2D eigenvalue weighted by Crippen LogP contribution is 2.21. The van der Waals surface area contributed by atoms with Gasteiger partial charge in [-0.05, 0) is 44.2 Å². The number of anilines is 1. The highest BCUT2D eigenvalue weighted by molar-refractivity contribution is 5.54. The van der Waals surface area contributed by atoms with Gasteiger partial charge >= 0.3 is 0 Å². The van der Waals surface area contributed by atoms with Crippen molar-refractivity contribution in [3.63, 3.8) is 0 Å². The fourth-order valence-corrected chi connectivity index (χ4v) is 2.36. The van der Waals surface area contributed by atoms with Crippen LogP contribution < -0.4 is 5.32 Å². The monoisotopic (exact) mass is 293 g/mol. The summed E-state index contributed by atoms with van der Waals surface area (Å²) in [6.07, 6.45) is 0.676. The van der Waals surface area contributed by atoms with Crippen molar-refractivity contribution in [3.05, 3.63) is 59.0 Å². The van der Waals surface area contributed by atoms with Crippen LogP contribution in [0.1, 0.15) is 28.7 Å². The van der Waals surface area contributed by atoms with Crippen molar-refractivity contribution >= 4 is 11.3 Å². The van der Waals surface area contributed by atoms with Crippen LogP contribution in [0.15, 0.2) is 36.5 Å². The summed E-state index contributed by atoms with van der Waals surface area (Å²) in [7, 11) is 0. The van der Waals surface area contributed by atoms with E-state index in [1.807, 2.05) is 19.9 Å². The van der Waals surface area contributed by atoms with Crippen molar-refractivity contribution < 1.29 is 5.11 Å². The maximum atomic E-state index is 10.4. The van der Waals surface area contributed by atoms with Gasteiger partial charge in [-0.25, -0.2) is 9.50 Å². The van der Waals surface area contributed by atoms with Gasteiger partial charge < -0.3 is 10.4 Å². The minimum absolute atomic E-state index is 0.573. The van der Waals surface area contributed by atoms with Crippen LogP contribution in [0.3, 0.4) is 0 Å². The van der Waals surface area contributed by atoms with Gasteiger partial charge in [-0.2, -0.15) is 10.4 Å². The van der Waals surface area contributed by atoms with Crippen LogP contribution in [-0.4, -0.2) is 19.7 Å². The van der Waals surface area contributed by atoms with Crippen LogP contribution >= 0.6 is 0 Å². The van der Waals surface area contributed by atoms with E-state index in [2.05, 4.69) is 21.5 Å². The Hall–Kier alpha value is -2.91. The number of nitrogens with zero attached hydrogens (tertiary/aromatic N) is 4. The van der Waals surface area contributed by atoms with Crippen molar-refractivity contribution in [3.8, 4) is 6.07 Å². The lowest BCUT2D eigenvalue weighted by Gasteiger charge is -2.13. The third-order valence-corrected chi connectivity index (χ3v) is 3.42. The molecule has 0 fully saturated rings. The molecule has 0 radical (unpaired) electrons. The molecule has 0 amide bonds. The Morgan fingerprint density at radius 3 is 2.68 bits per heavy atom. The number of rotatable bonds is 3. The second-order valence-corrected chi connectivity index (χ2v) is 5.11. The molecule has 2 heterocycles. The molecule has 1 unspecified atom stereocenters. The summed E-state index contributed by atoms with van der Waals surface area (Å²) < 4.78 is 1.70. The molecular weight excluding hydrogens is 278 g/mol. The Morgan fingerprint density at radius 2 is 2.00 bits per heavy atom. The molecule has 0 bridgehead atoms. The number of nitrogens with one attached hydrogen (secondary N) is 1. The predicted octanol–water partition coefficient (Wildman–Crippen LogP) is 2.32. The molecule has 0 aliphatic carbocycles. The minimum atomic E-state index is -0.931. The zero-order valence-electron chi connectivity index (χ0n) is 12.3. The largest absolute Gasteiger partial charge is 0.369 e. The number of hydrogen-bond acceptors (Lipinski definition) is 5. The Labute approximate surface area is 127 Å². The van der Waals surface area contributed by atoms with E-state index >= 15 is 0 Å². The van der Waals surface area contributed by atoms with Crippen LogP contribution in [0.5, 0.6) is 0 Å². The van der Waals surface area contributed by atoms with E-state index in [0.717, 1.165) is 17.1 Å². The van der Waals surface area contributed by atoms with Gasteiger partial charge in [-0.15, -0.1) is 0 Å². The molecule has 22 heavy (non-hydrogen) atoms. The minimum Gasteiger partial charge on any atom is -0.369 e. The fraction of sp³-hybridized carbons (Fsp3) is 0.188. The number of benzene rings is 1. The highest BCUT2D eigenvalue weighted by Gasteiger charge is 2.16. The van der Waals surface area contributed by atoms with Gasteiger partial charge in [0.1, 0.15) is 0 Å². The first-order valence-electron chi connectivity index (χ1n) is 6.85. The number of nitriles is 1. The molecule has 3 rings (SSSR count). The first-order valence-corrected chi connectivity index (χ1v) is 6.85. The average molecular weight is 293 g/mol. The molecule has 2 aromatic heterocycles. The molecule has 3 aromatic rings. The van der Waals surface area contributed by atoms with Gasteiger partial charge in [0.25, 0.3) is 0 Å². The molecule has 2 N–H and O–H groups in total. The van der Waals surface area contributed by atoms with Gasteiger partial charge in [-0.1, -0.05) is 0 Å². The summed E-state index contributed by atoms with van der Waals surface area (Å²) in [4.78, 5) is 4.44. The molecule has 0 saturated heterocycles. The Bertz CT molecular complexity index is 861. The summed E-state index contributed by atoms with van der Waals surface area (Å²) in [5.74, 6) is 0. The number of aromatic nitrogens is 3. The molecule has 0 aliphatic rings. The molecule has 0 aliphatic heterocycles. The molecule has 1 atom stereocenters. The van der Waals surface area contributed by atoms with Gasteiger partial charge in [0.05, 0.1) is 23.4 Å². The van der Waals surface area contributed by atoms with Crippen molar-refractivity contribution in [2.75, 3.05) is 5.32 Å². The van der Waals surface area contributed by atoms with E-state index < -0.39 is 6.23 Å². The summed E-state index contributed by atoms with van der Waals surface area (Å²) in [6, 6.07) is 10.9. The zero-order valence-corrected chi connectivity index (χ0v) is 12.3. The first kappa shape index (κ1) is 14.0. The lowest BCUT2D eigenvalue weighted by Crippen LogP contribution is -2.10. The first-order chi connectivity index (χ1) is 10.6. The molecule has 0 spiro atoms. The fourth-order valence-electron chi connectivity index (χ4n) is 2.36. The van der Waals surface area contributed by atoms with E-state index in [-0.39, 0.29) is 0 Å². The van der Waals surface area contributed by atoms with Crippen LogP contribution in [0, 0.1) is 25.2 Å². The molecule has 1 aromatic carbocycles. The number of aliphatic hydroxyl groups excluding tert-OH is 1. The zero-order chi connectivity index (χ0) is 15.7. The number of aliphatic hydroxyl groups is 1. The highest BCUT2D eigenvalue weighted by atomic mass is 16.3. The summed E-state index contributed by atoms with van der Waals surface area (Å²) >= 11 is 0. The van der Waals surface area contributed by atoms with Crippen molar-refractivity contribution in [2.45, 2.75) is 20.1 Å². The summed E-state index contributed by atoms with van der Waals surface area (Å²) in [5.41, 5.74) is 4.36. The van der Waals surface area contributed by atoms with Crippen LogP contribution in [0.25, 0.3) is 5.65 Å². The maximum absolute atomic E-state index is 10.4. The summed E-state index contributed by atoms with van der Waals surface area (Å²) in [6.45, 7) is 3.85. The van der Waals surface area contributed by atoms with Gasteiger partial charge in [0, 0.05) is 17.1 Å². The summed E-state index contributed by atoms with van der Waals surface area (Å²) in [5, 5.41) is 26.4. The van der Waals surface area contributed by atoms with Crippen molar-refractivity contribution in [1.29, 1.82) is 5.26 Å². The molecule has 6 nitrogen and oxygen atoms in total. The number of fused-ring (bicyclic) bond motifs is 1. The lowest BCUT2D eigenvalue weighted by atomic mass is 10.2. The average Bonchev–Trinajstić information content (AvgIpc) is 2.92. The van der Waals surface area contributed by atoms with E-state index in [4.69, 9.17) is 5.26 Å². The quantitative estimate of drug-likeness (QED) is 0.724. The normalized spacial score (nSPS) is 12.1. The van der Waals surface area contributed by atoms with Crippen molar-refractivity contribution in [2.24, 2.45) is 0 Å². The maximum Gasteiger partial charge on any atom is 0.163 e. The standard InChI is InChI=1S/C16H15N5O/c1-10-7-11(2)21-15(19-10)14(9-18-21)16(22)20-13-5-3-12(8-17)4-6-13/h3-7,9,16,20,22H,1-2H3. The second kappa shape index (κ2) is 5.47. The molecule has 110 valence electrons. The van der Waals surface area contributed by atoms with E-state index in [1.165, 1.54) is 0 Å². The van der Waals surface area contributed by atoms with Crippen LogP contribution in [-0.2, 0) is 0 Å². The number of aryl methyl sites for hydroxylation is 2. The SMILES string of the molecule is Cc1cc(C)n2ncc(C(O)Nc3ccc(C#N)cc3)c2n1. The third kappa shape index (κ3) is 2.50. The van der Waals surface area contributed by atoms with E-state index in [9.17, 15) is 5.11 Å². The van der Waals surface area contributed by atoms with Gasteiger partial charge in [-0.3, -0.25) is 0 Å². The lowest BCUT2D eigenvalue weighted by molar-refractivity contribution is 0.209. The van der Waals surface area contributed by atoms with E-state index in [0.29, 0.717) is 16.8 Å². The van der Waals surface area contributed by atoms with E-state index in [1.54, 1.807) is 35.0 Å². The Balaban J connectivity index is 1.91. The van der Waals surface area contributed by atoms with Gasteiger partial charge in [0.15, 0.2) is 11.9 Å². The Morgan fingerprint density at radius 1 is 1.27 bits per heavy atom. The number of hydrogen-bond donors (Lipinski definition) is 2. The molecular formula is C16H15N5O. The topological polar surface area (TPSA) is 86.2 Å². The molecule has 6 heteroatoms.